The summed E-state index contributed by atoms with van der Waals surface area (Å²) in [6.07, 6.45) is -7.06. The molecule has 4 rings (SSSR count). The van der Waals surface area contributed by atoms with Crippen molar-refractivity contribution in [3.05, 3.63) is 64.4 Å². The Morgan fingerprint density at radius 1 is 1.21 bits per heavy atom. The summed E-state index contributed by atoms with van der Waals surface area (Å²) in [6.45, 7) is 1.22. The third-order valence-corrected chi connectivity index (χ3v) is 5.94. The molecule has 13 heteroatoms. The van der Waals surface area contributed by atoms with E-state index in [0.29, 0.717) is 11.1 Å². The summed E-state index contributed by atoms with van der Waals surface area (Å²) in [5, 5.41) is 11.7. The SMILES string of the molecule is CCC(NC(=O)OCC1CN(c2ccc3cc(-c4ccccc4C(F)(F)F)[nH]c(=O)c3c2)C(=O)O1)C(=O)O. The van der Waals surface area contributed by atoms with Gasteiger partial charge in [0.05, 0.1) is 12.1 Å². The minimum absolute atomic E-state index is 0.00698. The van der Waals surface area contributed by atoms with Gasteiger partial charge in [-0.05, 0) is 36.1 Å². The molecule has 0 spiro atoms. The lowest BCUT2D eigenvalue weighted by molar-refractivity contribution is -0.139. The number of cyclic esters (lactones) is 1. The molecule has 38 heavy (non-hydrogen) atoms. The van der Waals surface area contributed by atoms with E-state index in [1.54, 1.807) is 6.92 Å². The van der Waals surface area contributed by atoms with Crippen LogP contribution < -0.4 is 15.8 Å². The lowest BCUT2D eigenvalue weighted by Crippen LogP contribution is -2.41. The number of ether oxygens (including phenoxy) is 2. The third-order valence-electron chi connectivity index (χ3n) is 5.94. The van der Waals surface area contributed by atoms with E-state index in [0.717, 1.165) is 6.07 Å². The number of carboxylic acid groups (broad SMARTS) is 1. The molecule has 200 valence electrons. The average molecular weight is 533 g/mol. The molecule has 1 aliphatic rings. The van der Waals surface area contributed by atoms with E-state index in [9.17, 15) is 32.3 Å². The van der Waals surface area contributed by atoms with Crippen molar-refractivity contribution in [1.29, 1.82) is 0 Å². The Balaban J connectivity index is 1.51. The molecule has 10 nitrogen and oxygen atoms in total. The first-order valence-electron chi connectivity index (χ1n) is 11.5. The van der Waals surface area contributed by atoms with E-state index in [4.69, 9.17) is 14.6 Å². The molecule has 0 aliphatic carbocycles. The summed E-state index contributed by atoms with van der Waals surface area (Å²) >= 11 is 0. The number of rotatable bonds is 7. The number of nitrogens with one attached hydrogen (secondary N) is 2. The Kier molecular flexibility index (Phi) is 7.28. The Bertz CT molecular complexity index is 1450. The quantitative estimate of drug-likeness (QED) is 0.415. The number of hydrogen-bond donors (Lipinski definition) is 3. The molecule has 2 amide bonds. The predicted octanol–water partition coefficient (Wildman–Crippen LogP) is 4.13. The molecule has 2 unspecified atom stereocenters. The van der Waals surface area contributed by atoms with Crippen LogP contribution in [0.4, 0.5) is 28.4 Å². The van der Waals surface area contributed by atoms with Crippen molar-refractivity contribution < 1.29 is 42.1 Å². The van der Waals surface area contributed by atoms with Crippen LogP contribution in [0.1, 0.15) is 18.9 Å². The summed E-state index contributed by atoms with van der Waals surface area (Å²) in [6, 6.07) is 9.61. The summed E-state index contributed by atoms with van der Waals surface area (Å²) in [4.78, 5) is 51.8. The fourth-order valence-corrected chi connectivity index (χ4v) is 4.04. The number of benzene rings is 2. The number of aliphatic carboxylic acids is 1. The van der Waals surface area contributed by atoms with E-state index in [1.807, 2.05) is 0 Å². The highest BCUT2D eigenvalue weighted by atomic mass is 19.4. The topological polar surface area (TPSA) is 138 Å². The molecule has 2 heterocycles. The highest BCUT2D eigenvalue weighted by molar-refractivity contribution is 5.95. The lowest BCUT2D eigenvalue weighted by Gasteiger charge is -2.15. The second-order valence-corrected chi connectivity index (χ2v) is 8.49. The second kappa shape index (κ2) is 10.4. The van der Waals surface area contributed by atoms with Crippen molar-refractivity contribution in [2.45, 2.75) is 31.7 Å². The van der Waals surface area contributed by atoms with Crippen molar-refractivity contribution in [1.82, 2.24) is 10.3 Å². The average Bonchev–Trinajstić information content (AvgIpc) is 3.25. The molecule has 3 aromatic rings. The smallest absolute Gasteiger partial charge is 0.417 e. The Morgan fingerprint density at radius 3 is 2.63 bits per heavy atom. The largest absolute Gasteiger partial charge is 0.480 e. The lowest BCUT2D eigenvalue weighted by atomic mass is 10.0. The molecular weight excluding hydrogens is 511 g/mol. The summed E-state index contributed by atoms with van der Waals surface area (Å²) in [5.41, 5.74) is -1.43. The van der Waals surface area contributed by atoms with Gasteiger partial charge in [0.25, 0.3) is 5.56 Å². The highest BCUT2D eigenvalue weighted by Crippen LogP contribution is 2.36. The van der Waals surface area contributed by atoms with E-state index >= 15 is 0 Å². The van der Waals surface area contributed by atoms with Gasteiger partial charge in [0.1, 0.15) is 12.6 Å². The van der Waals surface area contributed by atoms with Crippen molar-refractivity contribution in [2.75, 3.05) is 18.1 Å². The summed E-state index contributed by atoms with van der Waals surface area (Å²) in [5.74, 6) is -1.22. The summed E-state index contributed by atoms with van der Waals surface area (Å²) in [7, 11) is 0. The van der Waals surface area contributed by atoms with Crippen LogP contribution in [-0.4, -0.2) is 53.5 Å². The first-order valence-corrected chi connectivity index (χ1v) is 11.5. The number of carboxylic acids is 1. The zero-order chi connectivity index (χ0) is 27.6. The first-order chi connectivity index (χ1) is 18.0. The molecule has 0 saturated carbocycles. The maximum atomic E-state index is 13.4. The van der Waals surface area contributed by atoms with E-state index in [-0.39, 0.29) is 36.2 Å². The van der Waals surface area contributed by atoms with Crippen molar-refractivity contribution in [2.24, 2.45) is 0 Å². The van der Waals surface area contributed by atoms with E-state index in [1.165, 1.54) is 47.4 Å². The Labute approximate surface area is 213 Å². The van der Waals surface area contributed by atoms with Crippen molar-refractivity contribution in [3.63, 3.8) is 0 Å². The number of pyridine rings is 1. The van der Waals surface area contributed by atoms with Gasteiger partial charge >= 0.3 is 24.3 Å². The number of nitrogens with zero attached hydrogens (tertiary/aromatic N) is 1. The number of alkyl carbamates (subject to hydrolysis) is 1. The van der Waals surface area contributed by atoms with Gasteiger partial charge in [0, 0.05) is 22.3 Å². The number of alkyl halides is 3. The van der Waals surface area contributed by atoms with E-state index < -0.39 is 47.6 Å². The first kappa shape index (κ1) is 26.5. The zero-order valence-corrected chi connectivity index (χ0v) is 19.9. The molecule has 0 radical (unpaired) electrons. The molecule has 1 aliphatic heterocycles. The number of aromatic amines is 1. The van der Waals surface area contributed by atoms with Gasteiger partial charge in [-0.3, -0.25) is 9.69 Å². The maximum Gasteiger partial charge on any atom is 0.417 e. The van der Waals surface area contributed by atoms with Crippen LogP contribution in [0.3, 0.4) is 0 Å². The molecule has 0 bridgehead atoms. The Hall–Kier alpha value is -4.55. The molecule has 1 fully saturated rings. The Morgan fingerprint density at radius 2 is 1.95 bits per heavy atom. The molecule has 2 aromatic carbocycles. The van der Waals surface area contributed by atoms with Gasteiger partial charge in [-0.2, -0.15) is 13.2 Å². The zero-order valence-electron chi connectivity index (χ0n) is 19.9. The van der Waals surface area contributed by atoms with Gasteiger partial charge in [-0.1, -0.05) is 31.2 Å². The number of H-pyrrole nitrogens is 1. The maximum absolute atomic E-state index is 13.4. The van der Waals surface area contributed by atoms with Crippen LogP contribution in [0.2, 0.25) is 0 Å². The van der Waals surface area contributed by atoms with Crippen molar-refractivity contribution in [3.8, 4) is 11.3 Å². The number of amides is 2. The number of carbonyl (C=O) groups is 3. The number of fused-ring (bicyclic) bond motifs is 1. The number of anilines is 1. The van der Waals surface area contributed by atoms with Crippen LogP contribution in [0, 0.1) is 0 Å². The number of carbonyl (C=O) groups excluding carboxylic acids is 2. The minimum Gasteiger partial charge on any atom is -0.480 e. The second-order valence-electron chi connectivity index (χ2n) is 8.49. The third kappa shape index (κ3) is 5.56. The fraction of sp³-hybridized carbons (Fsp3) is 0.280. The highest BCUT2D eigenvalue weighted by Gasteiger charge is 2.35. The van der Waals surface area contributed by atoms with Gasteiger partial charge in [-0.15, -0.1) is 0 Å². The normalized spacial score (nSPS) is 16.3. The molecule has 3 N–H and O–H groups in total. The standard InChI is InChI=1S/C25H22F3N3O7/c1-2-19(22(33)34)30-23(35)37-12-15-11-31(24(36)38-15)14-8-7-13-9-20(29-21(32)17(13)10-14)16-5-3-4-6-18(16)25(26,27)28/h3-10,15,19H,2,11-12H2,1H3,(H,29,32)(H,30,35)(H,33,34). The van der Waals surface area contributed by atoms with Crippen LogP contribution in [-0.2, 0) is 20.4 Å². The van der Waals surface area contributed by atoms with Crippen LogP contribution >= 0.6 is 0 Å². The van der Waals surface area contributed by atoms with E-state index in [2.05, 4.69) is 10.3 Å². The fourth-order valence-electron chi connectivity index (χ4n) is 4.04. The number of aromatic nitrogens is 1. The predicted molar refractivity (Wildman–Crippen MR) is 129 cm³/mol. The van der Waals surface area contributed by atoms with Crippen LogP contribution in [0.25, 0.3) is 22.0 Å². The molecule has 2 atom stereocenters. The van der Waals surface area contributed by atoms with Gasteiger partial charge in [0.15, 0.2) is 6.10 Å². The molecular formula is C25H22F3N3O7. The van der Waals surface area contributed by atoms with Gasteiger partial charge in [0.2, 0.25) is 0 Å². The van der Waals surface area contributed by atoms with Gasteiger partial charge in [-0.25, -0.2) is 14.4 Å². The van der Waals surface area contributed by atoms with Gasteiger partial charge < -0.3 is 24.9 Å². The molecule has 1 saturated heterocycles. The van der Waals surface area contributed by atoms with Crippen molar-refractivity contribution >= 4 is 34.6 Å². The summed E-state index contributed by atoms with van der Waals surface area (Å²) < 4.78 is 50.5. The molecule has 1 aromatic heterocycles. The monoisotopic (exact) mass is 533 g/mol. The van der Waals surface area contributed by atoms with Crippen LogP contribution in [0.15, 0.2) is 53.3 Å². The van der Waals surface area contributed by atoms with Crippen LogP contribution in [0.5, 0.6) is 0 Å². The number of halogens is 3. The minimum atomic E-state index is -4.61. The number of hydrogen-bond acceptors (Lipinski definition) is 6.